The number of anilines is 2. The number of amides is 1. The molecule has 220 valence electrons. The highest BCUT2D eigenvalue weighted by Crippen LogP contribution is 2.45. The number of methoxy groups -OCH3 is 2. The van der Waals surface area contributed by atoms with Gasteiger partial charge in [0.1, 0.15) is 10.8 Å². The number of rotatable bonds is 7. The second-order valence-electron chi connectivity index (χ2n) is 10.3. The average Bonchev–Trinajstić information content (AvgIpc) is 3.52. The summed E-state index contributed by atoms with van der Waals surface area (Å²) in [6.07, 6.45) is -1.96. The van der Waals surface area contributed by atoms with Gasteiger partial charge in [-0.05, 0) is 62.8 Å². The molecule has 1 aliphatic carbocycles. The summed E-state index contributed by atoms with van der Waals surface area (Å²) in [5.41, 5.74) is 1.54. The first-order chi connectivity index (χ1) is 19.5. The van der Waals surface area contributed by atoms with E-state index in [4.69, 9.17) is 14.2 Å². The molecule has 13 heteroatoms. The largest absolute Gasteiger partial charge is 0.493 e. The number of aromatic nitrogens is 2. The van der Waals surface area contributed by atoms with E-state index >= 15 is 0 Å². The molecule has 3 heterocycles. The maximum atomic E-state index is 14.2. The molecule has 3 aromatic rings. The summed E-state index contributed by atoms with van der Waals surface area (Å²) < 4.78 is 59.5. The zero-order valence-corrected chi connectivity index (χ0v) is 23.9. The van der Waals surface area contributed by atoms with Gasteiger partial charge in [-0.3, -0.25) is 4.79 Å². The summed E-state index contributed by atoms with van der Waals surface area (Å²) in [6, 6.07) is 3.52. The molecule has 0 radical (unpaired) electrons. The number of alkyl halides is 3. The Morgan fingerprint density at radius 1 is 1.12 bits per heavy atom. The predicted octanol–water partition coefficient (Wildman–Crippen LogP) is 6.32. The number of benzene rings is 1. The third-order valence-corrected chi connectivity index (χ3v) is 8.38. The molecule has 41 heavy (non-hydrogen) atoms. The number of nitrogens with zero attached hydrogens (tertiary/aromatic N) is 2. The van der Waals surface area contributed by atoms with E-state index in [9.17, 15) is 22.8 Å². The summed E-state index contributed by atoms with van der Waals surface area (Å²) in [6.45, 7) is 3.48. The van der Waals surface area contributed by atoms with Gasteiger partial charge in [0, 0.05) is 17.4 Å². The maximum absolute atomic E-state index is 14.2. The summed E-state index contributed by atoms with van der Waals surface area (Å²) >= 11 is 1.30. The number of hydrogen-bond donors (Lipinski definition) is 2. The quantitative estimate of drug-likeness (QED) is 0.310. The van der Waals surface area contributed by atoms with Crippen molar-refractivity contribution in [1.82, 2.24) is 9.78 Å². The molecule has 2 N–H and O–H groups in total. The van der Waals surface area contributed by atoms with Crippen LogP contribution in [0.15, 0.2) is 24.3 Å². The Labute approximate surface area is 239 Å². The van der Waals surface area contributed by atoms with E-state index < -0.39 is 30.1 Å². The van der Waals surface area contributed by atoms with Crippen molar-refractivity contribution >= 4 is 34.0 Å². The molecular weight excluding hydrogens is 561 g/mol. The van der Waals surface area contributed by atoms with Gasteiger partial charge in [0.05, 0.1) is 31.9 Å². The second kappa shape index (κ2) is 11.3. The average molecular weight is 593 g/mol. The zero-order chi connectivity index (χ0) is 29.5. The van der Waals surface area contributed by atoms with Crippen LogP contribution in [0.2, 0.25) is 0 Å². The molecule has 2 aliphatic rings. The fourth-order valence-electron chi connectivity index (χ4n) is 5.28. The van der Waals surface area contributed by atoms with Gasteiger partial charge in [0.2, 0.25) is 0 Å². The van der Waals surface area contributed by atoms with Gasteiger partial charge in [-0.2, -0.15) is 18.3 Å². The van der Waals surface area contributed by atoms with Gasteiger partial charge in [0.15, 0.2) is 23.2 Å². The van der Waals surface area contributed by atoms with Gasteiger partial charge in [-0.25, -0.2) is 9.48 Å². The van der Waals surface area contributed by atoms with Crippen LogP contribution in [0.3, 0.4) is 0 Å². The molecule has 2 aromatic heterocycles. The number of esters is 1. The Balaban J connectivity index is 1.45. The topological polar surface area (TPSA) is 104 Å². The minimum Gasteiger partial charge on any atom is -0.493 e. The molecule has 2 atom stereocenters. The second-order valence-corrected chi connectivity index (χ2v) is 11.4. The van der Waals surface area contributed by atoms with Crippen LogP contribution in [-0.2, 0) is 17.6 Å². The minimum absolute atomic E-state index is 0.0495. The highest BCUT2D eigenvalue weighted by Gasteiger charge is 2.47. The number of fused-ring (bicyclic) bond motifs is 2. The van der Waals surface area contributed by atoms with Crippen LogP contribution < -0.4 is 20.1 Å². The van der Waals surface area contributed by atoms with Crippen LogP contribution in [0.4, 0.5) is 24.0 Å². The van der Waals surface area contributed by atoms with Crippen molar-refractivity contribution in [1.29, 1.82) is 0 Å². The number of nitrogens with one attached hydrogen (secondary N) is 2. The molecule has 1 aliphatic heterocycles. The van der Waals surface area contributed by atoms with Gasteiger partial charge < -0.3 is 24.8 Å². The maximum Gasteiger partial charge on any atom is 0.410 e. The van der Waals surface area contributed by atoms with Crippen LogP contribution in [0.1, 0.15) is 82.0 Å². The van der Waals surface area contributed by atoms with Crippen molar-refractivity contribution in [3.63, 3.8) is 0 Å². The Bertz CT molecular complexity index is 1470. The summed E-state index contributed by atoms with van der Waals surface area (Å²) in [4.78, 5) is 27.3. The molecule has 0 spiro atoms. The summed E-state index contributed by atoms with van der Waals surface area (Å²) in [5.74, 6) is -0.353. The van der Waals surface area contributed by atoms with E-state index in [1.54, 1.807) is 32.0 Å². The highest BCUT2D eigenvalue weighted by molar-refractivity contribution is 7.17. The Morgan fingerprint density at radius 2 is 1.85 bits per heavy atom. The molecule has 0 unspecified atom stereocenters. The molecular formula is C28H31F3N4O5S. The monoisotopic (exact) mass is 592 g/mol. The van der Waals surface area contributed by atoms with E-state index in [1.807, 2.05) is 0 Å². The number of carbonyl (C=O) groups is 2. The molecule has 5 rings (SSSR count). The van der Waals surface area contributed by atoms with E-state index in [-0.39, 0.29) is 24.0 Å². The van der Waals surface area contributed by atoms with Crippen molar-refractivity contribution in [2.24, 2.45) is 0 Å². The fourth-order valence-corrected chi connectivity index (χ4v) is 6.56. The van der Waals surface area contributed by atoms with Crippen molar-refractivity contribution in [2.45, 2.75) is 70.3 Å². The third-order valence-electron chi connectivity index (χ3n) is 7.18. The lowest BCUT2D eigenvalue weighted by molar-refractivity contribution is -0.173. The number of aryl methyl sites for hydroxylation is 1. The normalized spacial score (nSPS) is 18.2. The van der Waals surface area contributed by atoms with Crippen LogP contribution in [-0.4, -0.2) is 48.2 Å². The van der Waals surface area contributed by atoms with Crippen molar-refractivity contribution in [3.8, 4) is 11.5 Å². The number of halogens is 3. The number of thiophene rings is 1. The van der Waals surface area contributed by atoms with E-state index in [0.717, 1.165) is 34.4 Å². The molecule has 0 saturated carbocycles. The molecule has 1 aromatic carbocycles. The smallest absolute Gasteiger partial charge is 0.410 e. The van der Waals surface area contributed by atoms with Crippen molar-refractivity contribution < 1.29 is 37.0 Å². The molecule has 0 saturated heterocycles. The minimum atomic E-state index is -4.62. The molecule has 9 nitrogen and oxygen atoms in total. The first kappa shape index (κ1) is 28.8. The van der Waals surface area contributed by atoms with Gasteiger partial charge in [-0.15, -0.1) is 11.3 Å². The van der Waals surface area contributed by atoms with Crippen molar-refractivity contribution in [2.75, 3.05) is 24.9 Å². The first-order valence-corrected chi connectivity index (χ1v) is 14.1. The fraction of sp³-hybridized carbons (Fsp3) is 0.464. The number of carbonyl (C=O) groups excluding carboxylic acids is 2. The number of ether oxygens (including phenoxy) is 3. The summed E-state index contributed by atoms with van der Waals surface area (Å²) in [7, 11) is 2.93. The predicted molar refractivity (Wildman–Crippen MR) is 147 cm³/mol. The van der Waals surface area contributed by atoms with E-state index in [0.29, 0.717) is 34.0 Å². The SMILES string of the molecule is COc1ccc([C@@H]2C[C@@H](C(F)(F)F)n3nc(C(=O)Nc4sc5c(c4C(=O)OC(C)C)CCCC5)cc3N2)cc1OC. The summed E-state index contributed by atoms with van der Waals surface area (Å²) in [5, 5.41) is 10.2. The Kier molecular flexibility index (Phi) is 7.91. The third kappa shape index (κ3) is 5.72. The molecule has 0 fully saturated rings. The van der Waals surface area contributed by atoms with Crippen molar-refractivity contribution in [3.05, 3.63) is 51.5 Å². The van der Waals surface area contributed by atoms with Gasteiger partial charge >= 0.3 is 12.1 Å². The van der Waals surface area contributed by atoms with Crippen LogP contribution in [0.25, 0.3) is 0 Å². The lowest BCUT2D eigenvalue weighted by atomic mass is 9.95. The van der Waals surface area contributed by atoms with Crippen LogP contribution in [0, 0.1) is 0 Å². The molecule has 1 amide bonds. The van der Waals surface area contributed by atoms with Gasteiger partial charge in [-0.1, -0.05) is 6.07 Å². The van der Waals surface area contributed by atoms with Gasteiger partial charge in [0.25, 0.3) is 5.91 Å². The van der Waals surface area contributed by atoms with Crippen LogP contribution >= 0.6 is 11.3 Å². The lowest BCUT2D eigenvalue weighted by Gasteiger charge is -2.33. The van der Waals surface area contributed by atoms with E-state index in [2.05, 4.69) is 15.7 Å². The van der Waals surface area contributed by atoms with E-state index in [1.165, 1.54) is 31.6 Å². The standard InChI is InChI=1S/C28H31F3N4O5S/c1-14(2)40-27(37)24-16-7-5-6-8-21(16)41-26(24)33-25(36)18-13-23-32-17(12-22(28(29,30)31)35(23)34-18)15-9-10-19(38-3)20(11-15)39-4/h9-11,13-14,17,22,32H,5-8,12H2,1-4H3,(H,33,36)/t17-,22-/m0/s1. The highest BCUT2D eigenvalue weighted by atomic mass is 32.1. The Hall–Kier alpha value is -3.74. The molecule has 0 bridgehead atoms. The number of hydrogen-bond acceptors (Lipinski definition) is 8. The lowest BCUT2D eigenvalue weighted by Crippen LogP contribution is -2.35. The van der Waals surface area contributed by atoms with Crippen LogP contribution in [0.5, 0.6) is 11.5 Å². The first-order valence-electron chi connectivity index (χ1n) is 13.3. The Morgan fingerprint density at radius 3 is 2.54 bits per heavy atom. The zero-order valence-electron chi connectivity index (χ0n) is 23.1.